The second-order valence-electron chi connectivity index (χ2n) is 5.04. The molecule has 0 aliphatic rings. The number of carbonyl (C=O) groups excluding carboxylic acids is 1. The highest BCUT2D eigenvalue weighted by Gasteiger charge is 2.11. The molecule has 0 spiro atoms. The maximum atomic E-state index is 12.2. The Hall–Kier alpha value is -2.53. The van der Waals surface area contributed by atoms with E-state index in [0.29, 0.717) is 21.7 Å². The minimum atomic E-state index is -0.306. The minimum Gasteiger partial charge on any atom is -0.324 e. The van der Waals surface area contributed by atoms with Gasteiger partial charge in [-0.3, -0.25) is 9.36 Å². The highest BCUT2D eigenvalue weighted by atomic mass is 35.5. The van der Waals surface area contributed by atoms with E-state index < -0.39 is 0 Å². The number of anilines is 1. The summed E-state index contributed by atoms with van der Waals surface area (Å²) in [5, 5.41) is 3.33. The Balaban J connectivity index is 1.86. The molecule has 1 heterocycles. The van der Waals surface area contributed by atoms with Gasteiger partial charge in [-0.1, -0.05) is 29.8 Å². The summed E-state index contributed by atoms with van der Waals surface area (Å²) < 4.78 is 1.41. The number of nitrogens with zero attached hydrogens (tertiary/aromatic N) is 1. The number of aromatic nitrogens is 2. The van der Waals surface area contributed by atoms with Gasteiger partial charge in [-0.2, -0.15) is 0 Å². The van der Waals surface area contributed by atoms with Crippen LogP contribution < -0.4 is 11.0 Å². The summed E-state index contributed by atoms with van der Waals surface area (Å²) in [5.74, 6) is -0.280. The lowest BCUT2D eigenvalue weighted by Crippen LogP contribution is -2.26. The Morgan fingerprint density at radius 2 is 2.05 bits per heavy atom. The van der Waals surface area contributed by atoms with Crippen LogP contribution in [0, 0.1) is 6.92 Å². The lowest BCUT2D eigenvalue weighted by Gasteiger charge is -2.09. The Bertz CT molecular complexity index is 911. The zero-order valence-corrected chi connectivity index (χ0v) is 12.6. The van der Waals surface area contributed by atoms with E-state index in [1.54, 1.807) is 24.3 Å². The number of halogens is 1. The third-order valence-electron chi connectivity index (χ3n) is 3.46. The lowest BCUT2D eigenvalue weighted by molar-refractivity contribution is -0.116. The van der Waals surface area contributed by atoms with Crippen molar-refractivity contribution < 1.29 is 4.79 Å². The SMILES string of the molecule is Cc1ccc(Cl)cc1NC(=O)Cn1c(=O)[nH]c2ccccc21. The first-order valence-electron chi connectivity index (χ1n) is 6.78. The van der Waals surface area contributed by atoms with Crippen molar-refractivity contribution in [1.29, 1.82) is 0 Å². The Morgan fingerprint density at radius 1 is 1.27 bits per heavy atom. The fraction of sp³-hybridized carbons (Fsp3) is 0.125. The average Bonchev–Trinajstić information content (AvgIpc) is 2.79. The van der Waals surface area contributed by atoms with Crippen LogP contribution in [0.3, 0.4) is 0 Å². The molecule has 0 radical (unpaired) electrons. The summed E-state index contributed by atoms with van der Waals surface area (Å²) in [6, 6.07) is 12.5. The molecule has 3 aromatic rings. The molecule has 0 bridgehead atoms. The van der Waals surface area contributed by atoms with Crippen LogP contribution >= 0.6 is 11.6 Å². The number of H-pyrrole nitrogens is 1. The van der Waals surface area contributed by atoms with Crippen LogP contribution in [-0.4, -0.2) is 15.5 Å². The molecular formula is C16H14ClN3O2. The van der Waals surface area contributed by atoms with Crippen molar-refractivity contribution in [3.05, 3.63) is 63.5 Å². The van der Waals surface area contributed by atoms with Gasteiger partial charge in [-0.05, 0) is 36.8 Å². The predicted octanol–water partition coefficient (Wildman–Crippen LogP) is 2.93. The first-order valence-corrected chi connectivity index (χ1v) is 7.16. The predicted molar refractivity (Wildman–Crippen MR) is 87.4 cm³/mol. The molecule has 0 saturated heterocycles. The standard InChI is InChI=1S/C16H14ClN3O2/c1-10-6-7-11(17)8-13(10)18-15(21)9-20-14-5-3-2-4-12(14)19-16(20)22/h2-8H,9H2,1H3,(H,18,21)(H,19,22). The van der Waals surface area contributed by atoms with E-state index in [1.165, 1.54) is 4.57 Å². The molecule has 0 aliphatic carbocycles. The normalized spacial score (nSPS) is 10.8. The summed E-state index contributed by atoms with van der Waals surface area (Å²) in [6.45, 7) is 1.82. The van der Waals surface area contributed by atoms with Gasteiger partial charge in [-0.15, -0.1) is 0 Å². The number of nitrogens with one attached hydrogen (secondary N) is 2. The van der Waals surface area contributed by atoms with Crippen molar-refractivity contribution in [2.45, 2.75) is 13.5 Å². The molecule has 1 amide bonds. The van der Waals surface area contributed by atoms with Gasteiger partial charge in [0.2, 0.25) is 5.91 Å². The third-order valence-corrected chi connectivity index (χ3v) is 3.69. The maximum absolute atomic E-state index is 12.2. The second kappa shape index (κ2) is 5.69. The Labute approximate surface area is 131 Å². The molecule has 2 aromatic carbocycles. The van der Waals surface area contributed by atoms with E-state index in [0.717, 1.165) is 5.56 Å². The number of aromatic amines is 1. The van der Waals surface area contributed by atoms with E-state index in [4.69, 9.17) is 11.6 Å². The van der Waals surface area contributed by atoms with Crippen molar-refractivity contribution in [2.24, 2.45) is 0 Å². The number of rotatable bonds is 3. The van der Waals surface area contributed by atoms with Gasteiger partial charge in [0.15, 0.2) is 0 Å². The zero-order chi connectivity index (χ0) is 15.7. The number of amides is 1. The number of aryl methyl sites for hydroxylation is 1. The molecule has 0 fully saturated rings. The highest BCUT2D eigenvalue weighted by Crippen LogP contribution is 2.20. The summed E-state index contributed by atoms with van der Waals surface area (Å²) in [6.07, 6.45) is 0. The number of hydrogen-bond donors (Lipinski definition) is 2. The van der Waals surface area contributed by atoms with Crippen molar-refractivity contribution in [3.63, 3.8) is 0 Å². The third kappa shape index (κ3) is 2.76. The molecule has 0 aliphatic heterocycles. The van der Waals surface area contributed by atoms with E-state index in [-0.39, 0.29) is 18.1 Å². The van der Waals surface area contributed by atoms with Crippen LogP contribution in [0.5, 0.6) is 0 Å². The van der Waals surface area contributed by atoms with Crippen LogP contribution in [-0.2, 0) is 11.3 Å². The minimum absolute atomic E-state index is 0.0607. The largest absolute Gasteiger partial charge is 0.326 e. The van der Waals surface area contributed by atoms with Gasteiger partial charge >= 0.3 is 5.69 Å². The van der Waals surface area contributed by atoms with Crippen LogP contribution in [0.15, 0.2) is 47.3 Å². The fourth-order valence-corrected chi connectivity index (χ4v) is 2.50. The number of para-hydroxylation sites is 2. The molecule has 0 atom stereocenters. The monoisotopic (exact) mass is 315 g/mol. The van der Waals surface area contributed by atoms with Crippen molar-refractivity contribution >= 4 is 34.2 Å². The maximum Gasteiger partial charge on any atom is 0.326 e. The van der Waals surface area contributed by atoms with Crippen molar-refractivity contribution in [2.75, 3.05) is 5.32 Å². The van der Waals surface area contributed by atoms with E-state index in [1.807, 2.05) is 25.1 Å². The van der Waals surface area contributed by atoms with E-state index in [2.05, 4.69) is 10.3 Å². The smallest absolute Gasteiger partial charge is 0.324 e. The molecule has 0 saturated carbocycles. The second-order valence-corrected chi connectivity index (χ2v) is 5.48. The van der Waals surface area contributed by atoms with Crippen LogP contribution in [0.4, 0.5) is 5.69 Å². The molecule has 0 unspecified atom stereocenters. The first kappa shape index (κ1) is 14.4. The number of imidazole rings is 1. The topological polar surface area (TPSA) is 66.9 Å². The summed E-state index contributed by atoms with van der Waals surface area (Å²) in [7, 11) is 0. The zero-order valence-electron chi connectivity index (χ0n) is 11.9. The highest BCUT2D eigenvalue weighted by molar-refractivity contribution is 6.31. The average molecular weight is 316 g/mol. The van der Waals surface area contributed by atoms with Gasteiger partial charge in [0, 0.05) is 10.7 Å². The molecule has 3 rings (SSSR count). The number of carbonyl (C=O) groups is 1. The molecule has 1 aromatic heterocycles. The van der Waals surface area contributed by atoms with Gasteiger partial charge < -0.3 is 10.3 Å². The van der Waals surface area contributed by atoms with Crippen molar-refractivity contribution in [1.82, 2.24) is 9.55 Å². The first-order chi connectivity index (χ1) is 10.5. The molecule has 5 nitrogen and oxygen atoms in total. The molecular weight excluding hydrogens is 302 g/mol. The summed E-state index contributed by atoms with van der Waals surface area (Å²) in [4.78, 5) is 26.9. The Morgan fingerprint density at radius 3 is 2.86 bits per heavy atom. The van der Waals surface area contributed by atoms with Crippen LogP contribution in [0.1, 0.15) is 5.56 Å². The van der Waals surface area contributed by atoms with E-state index in [9.17, 15) is 9.59 Å². The Kier molecular flexibility index (Phi) is 3.73. The van der Waals surface area contributed by atoms with Crippen LogP contribution in [0.2, 0.25) is 5.02 Å². The quantitative estimate of drug-likeness (QED) is 0.780. The molecule has 112 valence electrons. The number of hydrogen-bond acceptors (Lipinski definition) is 2. The number of benzene rings is 2. The van der Waals surface area contributed by atoms with Gasteiger partial charge in [0.1, 0.15) is 6.54 Å². The summed E-state index contributed by atoms with van der Waals surface area (Å²) >= 11 is 5.93. The van der Waals surface area contributed by atoms with Gasteiger partial charge in [-0.25, -0.2) is 4.79 Å². The number of fused-ring (bicyclic) bond motifs is 1. The van der Waals surface area contributed by atoms with Crippen LogP contribution in [0.25, 0.3) is 11.0 Å². The summed E-state index contributed by atoms with van der Waals surface area (Å²) in [5.41, 5.74) is 2.65. The van der Waals surface area contributed by atoms with Crippen molar-refractivity contribution in [3.8, 4) is 0 Å². The van der Waals surface area contributed by atoms with E-state index >= 15 is 0 Å². The molecule has 22 heavy (non-hydrogen) atoms. The lowest BCUT2D eigenvalue weighted by atomic mass is 10.2. The molecule has 6 heteroatoms. The van der Waals surface area contributed by atoms with Gasteiger partial charge in [0.25, 0.3) is 0 Å². The molecule has 2 N–H and O–H groups in total. The fourth-order valence-electron chi connectivity index (χ4n) is 2.33. The van der Waals surface area contributed by atoms with Gasteiger partial charge in [0.05, 0.1) is 11.0 Å².